The Labute approximate surface area is 138 Å². The van der Waals surface area contributed by atoms with E-state index in [0.717, 1.165) is 11.0 Å². The summed E-state index contributed by atoms with van der Waals surface area (Å²) in [5.74, 6) is 0. The Morgan fingerprint density at radius 2 is 2.00 bits per heavy atom. The summed E-state index contributed by atoms with van der Waals surface area (Å²) in [6.07, 6.45) is -0.542. The number of hydrogen-bond donors (Lipinski definition) is 0. The lowest BCUT2D eigenvalue weighted by Crippen LogP contribution is -2.34. The summed E-state index contributed by atoms with van der Waals surface area (Å²) < 4.78 is 6.73. The van der Waals surface area contributed by atoms with Crippen LogP contribution in [0.15, 0.2) is 48.5 Å². The first-order chi connectivity index (χ1) is 11.7. The van der Waals surface area contributed by atoms with Crippen LogP contribution in [0.1, 0.15) is 12.5 Å². The Hall–Kier alpha value is -3.40. The van der Waals surface area contributed by atoms with Gasteiger partial charge in [-0.15, -0.1) is 5.10 Å². The van der Waals surface area contributed by atoms with Gasteiger partial charge in [-0.3, -0.25) is 4.90 Å². The highest BCUT2D eigenvalue weighted by atomic mass is 16.6. The number of benzene rings is 2. The summed E-state index contributed by atoms with van der Waals surface area (Å²) in [7, 11) is 0. The molecule has 0 spiro atoms. The molecule has 0 aliphatic rings. The smallest absolute Gasteiger partial charge is 0.415 e. The molecule has 0 fully saturated rings. The lowest BCUT2D eigenvalue weighted by Gasteiger charge is -2.22. The van der Waals surface area contributed by atoms with Crippen molar-refractivity contribution in [2.75, 3.05) is 11.5 Å². The topological polar surface area (TPSA) is 84.0 Å². The van der Waals surface area contributed by atoms with E-state index in [1.54, 1.807) is 35.9 Å². The van der Waals surface area contributed by atoms with Gasteiger partial charge in [0.1, 0.15) is 18.3 Å². The molecule has 0 atom stereocenters. The minimum atomic E-state index is -0.542. The van der Waals surface area contributed by atoms with Crippen LogP contribution in [0, 0.1) is 11.3 Å². The van der Waals surface area contributed by atoms with Gasteiger partial charge in [-0.2, -0.15) is 5.26 Å². The Morgan fingerprint density at radius 1 is 1.25 bits per heavy atom. The van der Waals surface area contributed by atoms with Gasteiger partial charge in [-0.1, -0.05) is 29.5 Å². The predicted molar refractivity (Wildman–Crippen MR) is 88.2 cm³/mol. The molecular weight excluding hydrogens is 306 g/mol. The molecule has 0 saturated carbocycles. The van der Waals surface area contributed by atoms with Crippen LogP contribution in [-0.2, 0) is 11.4 Å². The maximum Gasteiger partial charge on any atom is 0.415 e. The number of nitriles is 1. The second-order valence-corrected chi connectivity index (χ2v) is 4.98. The second kappa shape index (κ2) is 6.79. The van der Waals surface area contributed by atoms with E-state index >= 15 is 0 Å². The molecule has 0 saturated heterocycles. The van der Waals surface area contributed by atoms with Crippen molar-refractivity contribution in [1.29, 1.82) is 5.26 Å². The van der Waals surface area contributed by atoms with Gasteiger partial charge in [-0.05, 0) is 31.2 Å². The number of amides is 1. The average molecular weight is 321 g/mol. The van der Waals surface area contributed by atoms with Crippen molar-refractivity contribution in [3.8, 4) is 6.07 Å². The zero-order valence-corrected chi connectivity index (χ0v) is 13.1. The molecule has 0 radical (unpaired) electrons. The number of carbonyl (C=O) groups excluding carboxylic acids is 1. The van der Waals surface area contributed by atoms with Gasteiger partial charge in [0, 0.05) is 0 Å². The van der Waals surface area contributed by atoms with Crippen molar-refractivity contribution in [3.63, 3.8) is 0 Å². The maximum atomic E-state index is 12.4. The van der Waals surface area contributed by atoms with E-state index in [0.29, 0.717) is 11.3 Å². The van der Waals surface area contributed by atoms with Crippen LogP contribution < -0.4 is 4.90 Å². The molecule has 7 nitrogen and oxygen atoms in total. The Morgan fingerprint density at radius 3 is 2.79 bits per heavy atom. The van der Waals surface area contributed by atoms with E-state index in [9.17, 15) is 10.1 Å². The van der Waals surface area contributed by atoms with Crippen molar-refractivity contribution < 1.29 is 9.53 Å². The van der Waals surface area contributed by atoms with E-state index in [4.69, 9.17) is 4.74 Å². The maximum absolute atomic E-state index is 12.4. The quantitative estimate of drug-likeness (QED) is 0.737. The predicted octanol–water partition coefficient (Wildman–Crippen LogP) is 2.92. The molecule has 0 aliphatic carbocycles. The SMILES string of the molecule is CCOC(=O)N(Cn1nnc2ccccc21)c1ccccc1C#N. The van der Waals surface area contributed by atoms with Crippen molar-refractivity contribution in [3.05, 3.63) is 54.1 Å². The monoisotopic (exact) mass is 321 g/mol. The van der Waals surface area contributed by atoms with Crippen LogP contribution in [0.25, 0.3) is 11.0 Å². The summed E-state index contributed by atoms with van der Waals surface area (Å²) in [6.45, 7) is 2.07. The molecule has 1 amide bonds. The number of nitrogens with zero attached hydrogens (tertiary/aromatic N) is 5. The fraction of sp³-hybridized carbons (Fsp3) is 0.176. The lowest BCUT2D eigenvalue weighted by molar-refractivity contribution is 0.157. The zero-order valence-electron chi connectivity index (χ0n) is 13.1. The molecule has 7 heteroatoms. The molecule has 1 heterocycles. The molecule has 3 rings (SSSR count). The van der Waals surface area contributed by atoms with Gasteiger partial charge >= 0.3 is 6.09 Å². The van der Waals surface area contributed by atoms with Crippen LogP contribution in [0.5, 0.6) is 0 Å². The van der Waals surface area contributed by atoms with Crippen LogP contribution in [0.2, 0.25) is 0 Å². The molecule has 3 aromatic rings. The minimum Gasteiger partial charge on any atom is -0.449 e. The number of carbonyl (C=O) groups is 1. The average Bonchev–Trinajstić information content (AvgIpc) is 3.03. The van der Waals surface area contributed by atoms with Crippen molar-refractivity contribution in [1.82, 2.24) is 15.0 Å². The number of para-hydroxylation sites is 2. The Kier molecular flexibility index (Phi) is 4.38. The summed E-state index contributed by atoms with van der Waals surface area (Å²) in [4.78, 5) is 13.8. The van der Waals surface area contributed by atoms with Crippen molar-refractivity contribution in [2.45, 2.75) is 13.6 Å². The van der Waals surface area contributed by atoms with Crippen LogP contribution in [0.3, 0.4) is 0 Å². The molecule has 0 N–H and O–H groups in total. The lowest BCUT2D eigenvalue weighted by atomic mass is 10.2. The molecule has 1 aromatic heterocycles. The van der Waals surface area contributed by atoms with E-state index in [1.165, 1.54) is 4.90 Å². The summed E-state index contributed by atoms with van der Waals surface area (Å²) >= 11 is 0. The number of rotatable bonds is 4. The highest BCUT2D eigenvalue weighted by Gasteiger charge is 2.21. The third-order valence-electron chi connectivity index (χ3n) is 3.50. The molecule has 0 bridgehead atoms. The Bertz CT molecular complexity index is 912. The van der Waals surface area contributed by atoms with Gasteiger partial charge in [0.05, 0.1) is 23.4 Å². The summed E-state index contributed by atoms with van der Waals surface area (Å²) in [5, 5.41) is 17.5. The fourth-order valence-electron chi connectivity index (χ4n) is 2.39. The summed E-state index contributed by atoms with van der Waals surface area (Å²) in [5.41, 5.74) is 2.38. The van der Waals surface area contributed by atoms with E-state index in [-0.39, 0.29) is 13.3 Å². The van der Waals surface area contributed by atoms with E-state index < -0.39 is 6.09 Å². The molecule has 2 aromatic carbocycles. The van der Waals surface area contributed by atoms with Gasteiger partial charge in [-0.25, -0.2) is 9.48 Å². The molecule has 0 unspecified atom stereocenters. The van der Waals surface area contributed by atoms with Gasteiger partial charge in [0.15, 0.2) is 0 Å². The highest BCUT2D eigenvalue weighted by Crippen LogP contribution is 2.22. The van der Waals surface area contributed by atoms with Gasteiger partial charge in [0.25, 0.3) is 0 Å². The molecule has 120 valence electrons. The third-order valence-corrected chi connectivity index (χ3v) is 3.50. The van der Waals surface area contributed by atoms with Crippen LogP contribution in [0.4, 0.5) is 10.5 Å². The standard InChI is InChI=1S/C17H15N5O2/c1-2-24-17(23)21(15-9-5-3-7-13(15)11-18)12-22-16-10-6-4-8-14(16)19-20-22/h3-10H,2,12H2,1H3. The van der Waals surface area contributed by atoms with Crippen molar-refractivity contribution >= 4 is 22.8 Å². The number of hydrogen-bond acceptors (Lipinski definition) is 5. The zero-order chi connectivity index (χ0) is 16.9. The van der Waals surface area contributed by atoms with E-state index in [1.807, 2.05) is 24.3 Å². The first-order valence-electron chi connectivity index (χ1n) is 7.46. The normalized spacial score (nSPS) is 10.3. The minimum absolute atomic E-state index is 0.0953. The van der Waals surface area contributed by atoms with Crippen LogP contribution >= 0.6 is 0 Å². The fourth-order valence-corrected chi connectivity index (χ4v) is 2.39. The molecular formula is C17H15N5O2. The second-order valence-electron chi connectivity index (χ2n) is 4.98. The van der Waals surface area contributed by atoms with Gasteiger partial charge in [0.2, 0.25) is 0 Å². The number of fused-ring (bicyclic) bond motifs is 1. The highest BCUT2D eigenvalue weighted by molar-refractivity contribution is 5.89. The number of ether oxygens (including phenoxy) is 1. The summed E-state index contributed by atoms with van der Waals surface area (Å²) in [6, 6.07) is 16.4. The van der Waals surface area contributed by atoms with Gasteiger partial charge < -0.3 is 4.74 Å². The first-order valence-corrected chi connectivity index (χ1v) is 7.46. The number of aromatic nitrogens is 3. The first kappa shape index (κ1) is 15.5. The van der Waals surface area contributed by atoms with Crippen molar-refractivity contribution in [2.24, 2.45) is 0 Å². The third kappa shape index (κ3) is 2.90. The molecule has 0 aliphatic heterocycles. The largest absolute Gasteiger partial charge is 0.449 e. The van der Waals surface area contributed by atoms with E-state index in [2.05, 4.69) is 16.4 Å². The number of anilines is 1. The van der Waals surface area contributed by atoms with Crippen LogP contribution in [-0.4, -0.2) is 27.7 Å². The Balaban J connectivity index is 2.02. The molecule has 24 heavy (non-hydrogen) atoms.